The predicted molar refractivity (Wildman–Crippen MR) is 123 cm³/mol. The van der Waals surface area contributed by atoms with Gasteiger partial charge >= 0.3 is 6.11 Å². The Balaban J connectivity index is 1.46. The Morgan fingerprint density at radius 2 is 1.41 bits per heavy atom. The first kappa shape index (κ1) is 26.4. The van der Waals surface area contributed by atoms with E-state index >= 15 is 0 Å². The molecule has 0 saturated carbocycles. The normalized spacial score (nSPS) is 11.8. The van der Waals surface area contributed by atoms with Crippen molar-refractivity contribution in [1.29, 1.82) is 0 Å². The molecule has 37 heavy (non-hydrogen) atoms. The van der Waals surface area contributed by atoms with E-state index in [2.05, 4.69) is 4.74 Å². The number of hydrogen-bond acceptors (Lipinski definition) is 1. The molecule has 1 nitrogen and oxygen atoms in total. The highest BCUT2D eigenvalue weighted by atomic mass is 19.3. The van der Waals surface area contributed by atoms with Gasteiger partial charge in [-0.1, -0.05) is 49.7 Å². The van der Waals surface area contributed by atoms with Crippen LogP contribution in [0.4, 0.5) is 35.1 Å². The first-order valence-corrected chi connectivity index (χ1v) is 11.4. The number of benzene rings is 4. The fraction of sp³-hybridized carbons (Fsp3) is 0.214. The molecular formula is C28H20F8O. The molecule has 0 aliphatic carbocycles. The molecule has 9 heteroatoms. The summed E-state index contributed by atoms with van der Waals surface area (Å²) in [6.45, 7) is 1.85. The summed E-state index contributed by atoms with van der Waals surface area (Å²) in [7, 11) is 0. The third-order valence-electron chi connectivity index (χ3n) is 5.92. The van der Waals surface area contributed by atoms with Crippen LogP contribution in [-0.2, 0) is 12.8 Å². The molecule has 4 aromatic rings. The van der Waals surface area contributed by atoms with E-state index in [0.29, 0.717) is 36.1 Å². The molecule has 0 spiro atoms. The van der Waals surface area contributed by atoms with Crippen LogP contribution >= 0.6 is 0 Å². The molecule has 4 aromatic carbocycles. The lowest BCUT2D eigenvalue weighted by Gasteiger charge is -2.19. The quantitative estimate of drug-likeness (QED) is 0.165. The van der Waals surface area contributed by atoms with Gasteiger partial charge in [0.2, 0.25) is 0 Å². The van der Waals surface area contributed by atoms with Crippen LogP contribution < -0.4 is 4.74 Å². The molecule has 0 radical (unpaired) electrons. The van der Waals surface area contributed by atoms with Gasteiger partial charge in [0.15, 0.2) is 29.1 Å². The lowest BCUT2D eigenvalue weighted by Crippen LogP contribution is -2.25. The number of hydrogen-bond donors (Lipinski definition) is 0. The molecule has 0 heterocycles. The lowest BCUT2D eigenvalue weighted by molar-refractivity contribution is -0.180. The standard InChI is InChI=1S/C28H20F8O/c1-2-3-17-8-9-20(25(32)24(17)31)16-6-4-15(5-7-16)10-11-28(35,36)37-19-12-18-13-22(30)26(33)27(34)23(18)21(29)14-19/h4-9,12-14H,2-3,10-11H2,1H3. The van der Waals surface area contributed by atoms with E-state index in [1.807, 2.05) is 6.92 Å². The van der Waals surface area contributed by atoms with Gasteiger partial charge in [-0.05, 0) is 47.1 Å². The van der Waals surface area contributed by atoms with E-state index in [-0.39, 0.29) is 17.5 Å². The van der Waals surface area contributed by atoms with E-state index in [1.54, 1.807) is 0 Å². The number of aryl methyl sites for hydroxylation is 2. The second kappa shape index (κ2) is 10.4. The topological polar surface area (TPSA) is 9.23 Å². The van der Waals surface area contributed by atoms with E-state index in [4.69, 9.17) is 0 Å². The summed E-state index contributed by atoms with van der Waals surface area (Å²) in [5, 5.41) is -1.37. The molecule has 0 bridgehead atoms. The van der Waals surface area contributed by atoms with E-state index < -0.39 is 64.0 Å². The summed E-state index contributed by atoms with van der Waals surface area (Å²) in [5.74, 6) is -9.23. The molecule has 0 N–H and O–H groups in total. The molecule has 0 aromatic heterocycles. The molecule has 4 rings (SSSR count). The van der Waals surface area contributed by atoms with Crippen molar-refractivity contribution >= 4 is 10.8 Å². The number of ether oxygens (including phenoxy) is 1. The van der Waals surface area contributed by atoms with Gasteiger partial charge in [0, 0.05) is 11.6 Å². The molecule has 0 saturated heterocycles. The van der Waals surface area contributed by atoms with Crippen LogP contribution in [0.5, 0.6) is 5.75 Å². The Bertz CT molecular complexity index is 1450. The average molecular weight is 524 g/mol. The number of rotatable bonds is 8. The van der Waals surface area contributed by atoms with Crippen LogP contribution in [0, 0.1) is 34.9 Å². The number of alkyl halides is 2. The van der Waals surface area contributed by atoms with E-state index in [9.17, 15) is 35.1 Å². The third kappa shape index (κ3) is 5.55. The maximum absolute atomic E-state index is 14.5. The van der Waals surface area contributed by atoms with Crippen molar-refractivity contribution in [3.05, 3.63) is 101 Å². The summed E-state index contributed by atoms with van der Waals surface area (Å²) >= 11 is 0. The lowest BCUT2D eigenvalue weighted by atomic mass is 9.99. The summed E-state index contributed by atoms with van der Waals surface area (Å²) < 4.78 is 117. The van der Waals surface area contributed by atoms with Crippen molar-refractivity contribution in [1.82, 2.24) is 0 Å². The maximum Gasteiger partial charge on any atom is 0.398 e. The first-order chi connectivity index (χ1) is 17.5. The van der Waals surface area contributed by atoms with Gasteiger partial charge in [-0.2, -0.15) is 8.78 Å². The fourth-order valence-corrected chi connectivity index (χ4v) is 4.06. The number of halogens is 8. The van der Waals surface area contributed by atoms with Gasteiger partial charge in [0.05, 0.1) is 11.8 Å². The van der Waals surface area contributed by atoms with Crippen molar-refractivity contribution in [3.8, 4) is 16.9 Å². The van der Waals surface area contributed by atoms with Gasteiger partial charge in [0.25, 0.3) is 0 Å². The number of fused-ring (bicyclic) bond motifs is 1. The highest BCUT2D eigenvalue weighted by Gasteiger charge is 2.32. The first-order valence-electron chi connectivity index (χ1n) is 11.4. The van der Waals surface area contributed by atoms with Crippen LogP contribution in [0.2, 0.25) is 0 Å². The zero-order valence-corrected chi connectivity index (χ0v) is 19.5. The Morgan fingerprint density at radius 3 is 2.08 bits per heavy atom. The van der Waals surface area contributed by atoms with Crippen molar-refractivity contribution in [2.45, 2.75) is 38.7 Å². The minimum absolute atomic E-state index is 0.0450. The Morgan fingerprint density at radius 1 is 0.703 bits per heavy atom. The molecule has 0 atom stereocenters. The molecule has 194 valence electrons. The van der Waals surface area contributed by atoms with Gasteiger partial charge in [-0.25, -0.2) is 26.3 Å². The van der Waals surface area contributed by atoms with Crippen LogP contribution in [-0.4, -0.2) is 6.11 Å². The van der Waals surface area contributed by atoms with Crippen LogP contribution in [0.25, 0.3) is 21.9 Å². The molecule has 0 aliphatic heterocycles. The molecule has 0 unspecified atom stereocenters. The minimum Gasteiger partial charge on any atom is -0.432 e. The summed E-state index contributed by atoms with van der Waals surface area (Å²) in [4.78, 5) is 0. The SMILES string of the molecule is CCCc1ccc(-c2ccc(CCC(F)(F)Oc3cc(F)c4c(F)c(F)c(F)cc4c3)cc2)c(F)c1F. The highest BCUT2D eigenvalue weighted by Crippen LogP contribution is 2.33. The minimum atomic E-state index is -3.79. The largest absolute Gasteiger partial charge is 0.432 e. The van der Waals surface area contributed by atoms with Gasteiger partial charge < -0.3 is 4.74 Å². The third-order valence-corrected chi connectivity index (χ3v) is 5.92. The van der Waals surface area contributed by atoms with Gasteiger partial charge in [-0.3, -0.25) is 0 Å². The molecular weight excluding hydrogens is 504 g/mol. The zero-order chi connectivity index (χ0) is 26.9. The van der Waals surface area contributed by atoms with E-state index in [0.717, 1.165) is 6.07 Å². The Labute approximate surface area is 207 Å². The highest BCUT2D eigenvalue weighted by molar-refractivity contribution is 5.85. The summed E-state index contributed by atoms with van der Waals surface area (Å²) in [6.07, 6.45) is -3.76. The van der Waals surface area contributed by atoms with Crippen molar-refractivity contribution in [2.24, 2.45) is 0 Å². The van der Waals surface area contributed by atoms with Gasteiger partial charge in [0.1, 0.15) is 11.6 Å². The summed E-state index contributed by atoms with van der Waals surface area (Å²) in [6, 6.07) is 10.6. The van der Waals surface area contributed by atoms with Crippen LogP contribution in [0.1, 0.15) is 30.9 Å². The predicted octanol–water partition coefficient (Wildman–Crippen LogP) is 8.90. The van der Waals surface area contributed by atoms with Crippen molar-refractivity contribution in [2.75, 3.05) is 0 Å². The Kier molecular flexibility index (Phi) is 7.43. The summed E-state index contributed by atoms with van der Waals surface area (Å²) in [5.41, 5.74) is 1.13. The molecule has 0 aliphatic rings. The molecule has 0 amide bonds. The smallest absolute Gasteiger partial charge is 0.398 e. The van der Waals surface area contributed by atoms with Gasteiger partial charge in [-0.15, -0.1) is 0 Å². The fourth-order valence-electron chi connectivity index (χ4n) is 4.06. The van der Waals surface area contributed by atoms with Crippen LogP contribution in [0.15, 0.2) is 54.6 Å². The monoisotopic (exact) mass is 524 g/mol. The Hall–Kier alpha value is -3.62. The maximum atomic E-state index is 14.5. The second-order valence-corrected chi connectivity index (χ2v) is 8.58. The van der Waals surface area contributed by atoms with Crippen LogP contribution in [0.3, 0.4) is 0 Å². The van der Waals surface area contributed by atoms with Crippen molar-refractivity contribution in [3.63, 3.8) is 0 Å². The average Bonchev–Trinajstić information content (AvgIpc) is 2.84. The second-order valence-electron chi connectivity index (χ2n) is 8.58. The zero-order valence-electron chi connectivity index (χ0n) is 19.5. The van der Waals surface area contributed by atoms with E-state index in [1.165, 1.54) is 36.4 Å². The van der Waals surface area contributed by atoms with Crippen molar-refractivity contribution < 1.29 is 39.9 Å². The molecule has 0 fully saturated rings.